The summed E-state index contributed by atoms with van der Waals surface area (Å²) in [4.78, 5) is 16.8. The molecule has 0 aliphatic carbocycles. The van der Waals surface area contributed by atoms with Crippen LogP contribution in [0.1, 0.15) is 18.4 Å². The van der Waals surface area contributed by atoms with Gasteiger partial charge >= 0.3 is 0 Å². The molecule has 1 saturated heterocycles. The molecule has 25 heavy (non-hydrogen) atoms. The molecular weight excluding hydrogens is 338 g/mol. The number of hydrogen-bond acceptors (Lipinski definition) is 4. The van der Waals surface area contributed by atoms with Gasteiger partial charge in [0.2, 0.25) is 15.9 Å². The fourth-order valence-electron chi connectivity index (χ4n) is 3.70. The normalized spacial score (nSPS) is 19.4. The van der Waals surface area contributed by atoms with Crippen LogP contribution in [0.3, 0.4) is 0 Å². The highest BCUT2D eigenvalue weighted by molar-refractivity contribution is 7.88. The van der Waals surface area contributed by atoms with Crippen LogP contribution in [0.4, 0.5) is 5.69 Å². The first-order valence-electron chi connectivity index (χ1n) is 8.86. The fourth-order valence-corrected chi connectivity index (χ4v) is 4.18. The Kier molecular flexibility index (Phi) is 5.46. The Labute approximate surface area is 150 Å². The summed E-state index contributed by atoms with van der Waals surface area (Å²) in [5, 5.41) is 0. The lowest BCUT2D eigenvalue weighted by molar-refractivity contribution is -0.120. The molecule has 3 rings (SSSR count). The molecule has 2 heterocycles. The summed E-state index contributed by atoms with van der Waals surface area (Å²) < 4.78 is 24.5. The topological polar surface area (TPSA) is 60.9 Å². The summed E-state index contributed by atoms with van der Waals surface area (Å²) in [6.07, 6.45) is 4.05. The smallest absolute Gasteiger partial charge is 0.241 e. The summed E-state index contributed by atoms with van der Waals surface area (Å²) >= 11 is 0. The van der Waals surface area contributed by atoms with E-state index < -0.39 is 10.0 Å². The molecule has 0 bridgehead atoms. The van der Waals surface area contributed by atoms with Crippen molar-refractivity contribution in [3.63, 3.8) is 0 Å². The van der Waals surface area contributed by atoms with Crippen molar-refractivity contribution >= 4 is 21.6 Å². The summed E-state index contributed by atoms with van der Waals surface area (Å²) in [7, 11) is -1.48. The van der Waals surface area contributed by atoms with Crippen LogP contribution in [-0.2, 0) is 21.2 Å². The first-order chi connectivity index (χ1) is 11.8. The van der Waals surface area contributed by atoms with Crippen molar-refractivity contribution in [2.75, 3.05) is 50.9 Å². The molecule has 0 spiro atoms. The second kappa shape index (κ2) is 7.43. The first-order valence-corrected chi connectivity index (χ1v) is 10.7. The number of anilines is 1. The maximum absolute atomic E-state index is 12.7. The molecule has 1 aromatic carbocycles. The van der Waals surface area contributed by atoms with E-state index in [1.807, 2.05) is 23.1 Å². The Hall–Kier alpha value is -1.44. The molecule has 2 aliphatic rings. The summed E-state index contributed by atoms with van der Waals surface area (Å²) in [6, 6.07) is 8.11. The molecule has 1 amide bonds. The van der Waals surface area contributed by atoms with Gasteiger partial charge in [0.05, 0.1) is 12.8 Å². The Balaban J connectivity index is 1.49. The summed E-state index contributed by atoms with van der Waals surface area (Å²) in [5.41, 5.74) is 2.30. The average Bonchev–Trinajstić information content (AvgIpc) is 3.00. The maximum Gasteiger partial charge on any atom is 0.241 e. The molecule has 1 aromatic rings. The molecule has 0 unspecified atom stereocenters. The largest absolute Gasteiger partial charge is 0.311 e. The third-order valence-electron chi connectivity index (χ3n) is 5.34. The van der Waals surface area contributed by atoms with Crippen LogP contribution >= 0.6 is 0 Å². The zero-order chi connectivity index (χ0) is 18.0. The zero-order valence-electron chi connectivity index (χ0n) is 15.0. The van der Waals surface area contributed by atoms with Crippen molar-refractivity contribution in [2.24, 2.45) is 5.92 Å². The highest BCUT2D eigenvalue weighted by atomic mass is 32.2. The molecule has 1 fully saturated rings. The lowest BCUT2D eigenvalue weighted by Crippen LogP contribution is -2.44. The Morgan fingerprint density at radius 2 is 1.88 bits per heavy atom. The highest BCUT2D eigenvalue weighted by Crippen LogP contribution is 2.28. The van der Waals surface area contributed by atoms with Gasteiger partial charge in [-0.05, 0) is 49.9 Å². The molecule has 6 nitrogen and oxygen atoms in total. The number of fused-ring (bicyclic) bond motifs is 1. The fraction of sp³-hybridized carbons (Fsp3) is 0.611. The highest BCUT2D eigenvalue weighted by Gasteiger charge is 2.28. The molecule has 138 valence electrons. The number of likely N-dealkylation sites (tertiary alicyclic amines) is 1. The van der Waals surface area contributed by atoms with Crippen LogP contribution in [-0.4, -0.2) is 69.6 Å². The third kappa shape index (κ3) is 4.40. The van der Waals surface area contributed by atoms with Gasteiger partial charge in [-0.2, -0.15) is 0 Å². The van der Waals surface area contributed by atoms with E-state index in [2.05, 4.69) is 11.0 Å². The summed E-state index contributed by atoms with van der Waals surface area (Å²) in [5.74, 6) is 0.537. The first kappa shape index (κ1) is 18.4. The molecule has 0 aromatic heterocycles. The number of carbonyl (C=O) groups excluding carboxylic acids is 1. The van der Waals surface area contributed by atoms with E-state index in [1.54, 1.807) is 7.05 Å². The SMILES string of the molecule is CN(CC1CCN(CC(=O)N2CCc3ccccc32)CC1)S(C)(=O)=O. The Morgan fingerprint density at radius 1 is 1.20 bits per heavy atom. The van der Waals surface area contributed by atoms with Crippen molar-refractivity contribution in [1.82, 2.24) is 9.21 Å². The monoisotopic (exact) mass is 365 g/mol. The van der Waals surface area contributed by atoms with Crippen LogP contribution < -0.4 is 4.90 Å². The van der Waals surface area contributed by atoms with Crippen molar-refractivity contribution < 1.29 is 13.2 Å². The van der Waals surface area contributed by atoms with Crippen molar-refractivity contribution in [1.29, 1.82) is 0 Å². The molecule has 2 aliphatic heterocycles. The second-order valence-corrected chi connectivity index (χ2v) is 9.28. The minimum Gasteiger partial charge on any atom is -0.311 e. The predicted octanol–water partition coefficient (Wildman–Crippen LogP) is 1.18. The lowest BCUT2D eigenvalue weighted by atomic mass is 9.97. The van der Waals surface area contributed by atoms with E-state index in [-0.39, 0.29) is 5.91 Å². The third-order valence-corrected chi connectivity index (χ3v) is 6.62. The molecule has 7 heteroatoms. The number of amides is 1. The molecule has 0 radical (unpaired) electrons. The maximum atomic E-state index is 12.7. The number of carbonyl (C=O) groups is 1. The number of sulfonamides is 1. The van der Waals surface area contributed by atoms with Gasteiger partial charge in [0.15, 0.2) is 0 Å². The second-order valence-electron chi connectivity index (χ2n) is 7.19. The van der Waals surface area contributed by atoms with Crippen LogP contribution in [0.25, 0.3) is 0 Å². The van der Waals surface area contributed by atoms with Gasteiger partial charge in [-0.1, -0.05) is 18.2 Å². The number of benzene rings is 1. The van der Waals surface area contributed by atoms with Crippen LogP contribution in [0.5, 0.6) is 0 Å². The minimum atomic E-state index is -3.12. The molecule has 0 saturated carbocycles. The van der Waals surface area contributed by atoms with Crippen molar-refractivity contribution in [2.45, 2.75) is 19.3 Å². The number of rotatable bonds is 5. The Bertz CT molecular complexity index is 727. The quantitative estimate of drug-likeness (QED) is 0.786. The number of piperidine rings is 1. The van der Waals surface area contributed by atoms with Gasteiger partial charge in [-0.25, -0.2) is 12.7 Å². The number of hydrogen-bond donors (Lipinski definition) is 0. The molecular formula is C18H27N3O3S. The van der Waals surface area contributed by atoms with E-state index in [9.17, 15) is 13.2 Å². The standard InChI is InChI=1S/C18H27N3O3S/c1-19(25(2,23)24)13-15-7-10-20(11-8-15)14-18(22)21-12-9-16-5-3-4-6-17(16)21/h3-6,15H,7-14H2,1-2H3. The van der Waals surface area contributed by atoms with E-state index in [4.69, 9.17) is 0 Å². The van der Waals surface area contributed by atoms with Gasteiger partial charge in [0.1, 0.15) is 0 Å². The summed E-state index contributed by atoms with van der Waals surface area (Å²) in [6.45, 7) is 3.49. The Morgan fingerprint density at radius 3 is 2.56 bits per heavy atom. The van der Waals surface area contributed by atoms with Crippen LogP contribution in [0.2, 0.25) is 0 Å². The van der Waals surface area contributed by atoms with Gasteiger partial charge in [0, 0.05) is 25.8 Å². The minimum absolute atomic E-state index is 0.164. The van der Waals surface area contributed by atoms with Gasteiger partial charge in [-0.15, -0.1) is 0 Å². The van der Waals surface area contributed by atoms with Crippen LogP contribution in [0, 0.1) is 5.92 Å². The predicted molar refractivity (Wildman–Crippen MR) is 99.1 cm³/mol. The van der Waals surface area contributed by atoms with Crippen molar-refractivity contribution in [3.05, 3.63) is 29.8 Å². The average molecular weight is 365 g/mol. The van der Waals surface area contributed by atoms with E-state index in [0.717, 1.165) is 44.6 Å². The van der Waals surface area contributed by atoms with Gasteiger partial charge in [-0.3, -0.25) is 9.69 Å². The van der Waals surface area contributed by atoms with Gasteiger partial charge < -0.3 is 4.90 Å². The van der Waals surface area contributed by atoms with E-state index in [1.165, 1.54) is 16.1 Å². The lowest BCUT2D eigenvalue weighted by Gasteiger charge is -2.33. The van der Waals surface area contributed by atoms with Crippen molar-refractivity contribution in [3.8, 4) is 0 Å². The van der Waals surface area contributed by atoms with Gasteiger partial charge in [0.25, 0.3) is 0 Å². The number of para-hydroxylation sites is 1. The number of nitrogens with zero attached hydrogens (tertiary/aromatic N) is 3. The molecule has 0 atom stereocenters. The van der Waals surface area contributed by atoms with E-state index >= 15 is 0 Å². The molecule has 0 N–H and O–H groups in total. The van der Waals surface area contributed by atoms with E-state index in [0.29, 0.717) is 19.0 Å². The zero-order valence-corrected chi connectivity index (χ0v) is 15.8. The van der Waals surface area contributed by atoms with Crippen LogP contribution in [0.15, 0.2) is 24.3 Å².